The second kappa shape index (κ2) is 5.58. The van der Waals surface area contributed by atoms with Gasteiger partial charge in [0.25, 0.3) is 0 Å². The minimum atomic E-state index is -3.62. The molecular weight excluding hydrogens is 336 g/mol. The Kier molecular flexibility index (Phi) is 4.24. The van der Waals surface area contributed by atoms with Gasteiger partial charge >= 0.3 is 0 Å². The quantitative estimate of drug-likeness (QED) is 0.773. The average Bonchev–Trinajstić information content (AvgIpc) is 2.67. The molecule has 6 nitrogen and oxygen atoms in total. The molecule has 0 spiro atoms. The van der Waals surface area contributed by atoms with Crippen molar-refractivity contribution in [1.82, 2.24) is 4.72 Å². The molecule has 1 amide bonds. The van der Waals surface area contributed by atoms with E-state index in [9.17, 15) is 13.2 Å². The molecule has 1 aromatic carbocycles. The molecule has 0 saturated carbocycles. The molecule has 2 rings (SSSR count). The second-order valence-corrected chi connectivity index (χ2v) is 6.65. The zero-order chi connectivity index (χ0) is 14.0. The zero-order valence-electron chi connectivity index (χ0n) is 10.2. The fraction of sp³-hybridized carbons (Fsp3) is 0.364. The first-order valence-electron chi connectivity index (χ1n) is 5.55. The Morgan fingerprint density at radius 1 is 1.47 bits per heavy atom. The second-order valence-electron chi connectivity index (χ2n) is 4.06. The van der Waals surface area contributed by atoms with E-state index < -0.39 is 10.0 Å². The molecule has 1 aliphatic rings. The lowest BCUT2D eigenvalue weighted by Gasteiger charge is -2.10. The van der Waals surface area contributed by atoms with Crippen molar-refractivity contribution < 1.29 is 17.9 Å². The molecule has 0 unspecified atom stereocenters. The summed E-state index contributed by atoms with van der Waals surface area (Å²) in [5.41, 5.74) is 1.33. The molecular formula is C11H13BrN2O4S. The van der Waals surface area contributed by atoms with Gasteiger partial charge < -0.3 is 10.1 Å². The van der Waals surface area contributed by atoms with Crippen molar-refractivity contribution in [2.75, 3.05) is 25.6 Å². The molecule has 0 aromatic heterocycles. The summed E-state index contributed by atoms with van der Waals surface area (Å²) in [6.07, 6.45) is 0.198. The van der Waals surface area contributed by atoms with Gasteiger partial charge in [-0.25, -0.2) is 13.1 Å². The maximum absolute atomic E-state index is 12.1. The Hall–Kier alpha value is -0.960. The molecule has 0 fully saturated rings. The summed E-state index contributed by atoms with van der Waals surface area (Å²) in [5.74, 6) is -0.135. The van der Waals surface area contributed by atoms with E-state index in [1.807, 2.05) is 0 Å². The standard InChI is InChI=1S/C11H13BrN2O4S/c1-18-3-2-13-19(16,17)10-4-7-5-11(15)14-9(7)6-8(10)12/h4,6,13H,2-3,5H2,1H3,(H,14,15). The van der Waals surface area contributed by atoms with Gasteiger partial charge in [0.05, 0.1) is 17.9 Å². The molecule has 2 N–H and O–H groups in total. The van der Waals surface area contributed by atoms with E-state index in [4.69, 9.17) is 4.74 Å². The summed E-state index contributed by atoms with van der Waals surface area (Å²) in [6.45, 7) is 0.487. The first-order valence-corrected chi connectivity index (χ1v) is 7.82. The third kappa shape index (κ3) is 3.14. The van der Waals surface area contributed by atoms with Gasteiger partial charge in [0.1, 0.15) is 0 Å². The van der Waals surface area contributed by atoms with Crippen molar-refractivity contribution >= 4 is 37.5 Å². The average molecular weight is 349 g/mol. The van der Waals surface area contributed by atoms with E-state index in [2.05, 4.69) is 26.0 Å². The van der Waals surface area contributed by atoms with Gasteiger partial charge in [-0.15, -0.1) is 0 Å². The monoisotopic (exact) mass is 348 g/mol. The van der Waals surface area contributed by atoms with Crippen LogP contribution in [0.1, 0.15) is 5.56 Å². The van der Waals surface area contributed by atoms with Crippen LogP contribution >= 0.6 is 15.9 Å². The lowest BCUT2D eigenvalue weighted by molar-refractivity contribution is -0.115. The summed E-state index contributed by atoms with van der Waals surface area (Å²) in [5, 5.41) is 2.67. The van der Waals surface area contributed by atoms with Crippen LogP contribution in [-0.4, -0.2) is 34.6 Å². The molecule has 19 heavy (non-hydrogen) atoms. The van der Waals surface area contributed by atoms with Crippen molar-refractivity contribution in [3.63, 3.8) is 0 Å². The van der Waals surface area contributed by atoms with Crippen LogP contribution < -0.4 is 10.0 Å². The zero-order valence-corrected chi connectivity index (χ0v) is 12.6. The predicted molar refractivity (Wildman–Crippen MR) is 73.5 cm³/mol. The first kappa shape index (κ1) is 14.4. The topological polar surface area (TPSA) is 84.5 Å². The molecule has 0 saturated heterocycles. The molecule has 0 aliphatic carbocycles. The van der Waals surface area contributed by atoms with Gasteiger partial charge in [-0.05, 0) is 33.6 Å². The van der Waals surface area contributed by atoms with Gasteiger partial charge in [-0.1, -0.05) is 0 Å². The number of benzene rings is 1. The number of hydrogen-bond donors (Lipinski definition) is 2. The van der Waals surface area contributed by atoms with Crippen LogP contribution in [0.5, 0.6) is 0 Å². The summed E-state index contributed by atoms with van der Waals surface area (Å²) in [4.78, 5) is 11.4. The Morgan fingerprint density at radius 3 is 2.89 bits per heavy atom. The van der Waals surface area contributed by atoms with E-state index in [0.29, 0.717) is 22.3 Å². The largest absolute Gasteiger partial charge is 0.383 e. The maximum Gasteiger partial charge on any atom is 0.241 e. The third-order valence-electron chi connectivity index (χ3n) is 2.67. The van der Waals surface area contributed by atoms with Crippen LogP contribution in [0, 0.1) is 0 Å². The Labute approximate surface area is 119 Å². The smallest absolute Gasteiger partial charge is 0.241 e. The van der Waals surface area contributed by atoms with Crippen LogP contribution in [-0.2, 0) is 26.0 Å². The van der Waals surface area contributed by atoms with Crippen LogP contribution in [0.3, 0.4) is 0 Å². The number of hydrogen-bond acceptors (Lipinski definition) is 4. The van der Waals surface area contributed by atoms with Crippen molar-refractivity contribution in [1.29, 1.82) is 0 Å². The van der Waals surface area contributed by atoms with Gasteiger partial charge in [-0.3, -0.25) is 4.79 Å². The highest BCUT2D eigenvalue weighted by Gasteiger charge is 2.24. The fourth-order valence-corrected chi connectivity index (χ4v) is 3.89. The van der Waals surface area contributed by atoms with Gasteiger partial charge in [0.15, 0.2) is 0 Å². The highest BCUT2D eigenvalue weighted by atomic mass is 79.9. The van der Waals surface area contributed by atoms with Crippen LogP contribution in [0.4, 0.5) is 5.69 Å². The Balaban J connectivity index is 2.30. The minimum absolute atomic E-state index is 0.124. The molecule has 1 heterocycles. The number of halogens is 1. The summed E-state index contributed by atoms with van der Waals surface area (Å²) >= 11 is 3.21. The number of rotatable bonds is 5. The third-order valence-corrected chi connectivity index (χ3v) is 5.09. The van der Waals surface area contributed by atoms with Crippen molar-refractivity contribution in [3.8, 4) is 0 Å². The van der Waals surface area contributed by atoms with Gasteiger partial charge in [0.2, 0.25) is 15.9 Å². The number of carbonyl (C=O) groups excluding carboxylic acids is 1. The molecule has 1 aliphatic heterocycles. The van der Waals surface area contributed by atoms with E-state index in [1.165, 1.54) is 13.2 Å². The van der Waals surface area contributed by atoms with Crippen molar-refractivity contribution in [3.05, 3.63) is 22.2 Å². The van der Waals surface area contributed by atoms with Crippen LogP contribution in [0.25, 0.3) is 0 Å². The first-order chi connectivity index (χ1) is 8.94. The van der Waals surface area contributed by atoms with Crippen LogP contribution in [0.2, 0.25) is 0 Å². The van der Waals surface area contributed by atoms with Gasteiger partial charge in [-0.2, -0.15) is 0 Å². The fourth-order valence-electron chi connectivity index (χ4n) is 1.79. The molecule has 0 radical (unpaired) electrons. The highest BCUT2D eigenvalue weighted by molar-refractivity contribution is 9.10. The number of anilines is 1. The predicted octanol–water partition coefficient (Wildman–Crippen LogP) is 0.868. The molecule has 1 aromatic rings. The number of fused-ring (bicyclic) bond motifs is 1. The summed E-state index contributed by atoms with van der Waals surface area (Å²) in [7, 11) is -2.12. The highest BCUT2D eigenvalue weighted by Crippen LogP contribution is 2.32. The van der Waals surface area contributed by atoms with Crippen LogP contribution in [0.15, 0.2) is 21.5 Å². The normalized spacial score (nSPS) is 14.3. The lowest BCUT2D eigenvalue weighted by atomic mass is 10.2. The molecule has 104 valence electrons. The Bertz CT molecular complexity index is 615. The summed E-state index contributed by atoms with van der Waals surface area (Å²) in [6, 6.07) is 3.11. The van der Waals surface area contributed by atoms with E-state index in [-0.39, 0.29) is 23.8 Å². The summed E-state index contributed by atoms with van der Waals surface area (Å²) < 4.78 is 31.9. The van der Waals surface area contributed by atoms with Crippen molar-refractivity contribution in [2.45, 2.75) is 11.3 Å². The van der Waals surface area contributed by atoms with E-state index in [1.54, 1.807) is 6.07 Å². The maximum atomic E-state index is 12.1. The SMILES string of the molecule is COCCNS(=O)(=O)c1cc2c(cc1Br)NC(=O)C2. The van der Waals surface area contributed by atoms with Gasteiger partial charge in [0, 0.05) is 23.8 Å². The molecule has 0 bridgehead atoms. The number of carbonyl (C=O) groups is 1. The van der Waals surface area contributed by atoms with Crippen molar-refractivity contribution in [2.24, 2.45) is 0 Å². The number of amides is 1. The number of ether oxygens (including phenoxy) is 1. The minimum Gasteiger partial charge on any atom is -0.383 e. The molecule has 0 atom stereocenters. The number of sulfonamides is 1. The Morgan fingerprint density at radius 2 is 2.21 bits per heavy atom. The number of methoxy groups -OCH3 is 1. The van der Waals surface area contributed by atoms with E-state index >= 15 is 0 Å². The number of nitrogens with one attached hydrogen (secondary N) is 2. The lowest BCUT2D eigenvalue weighted by Crippen LogP contribution is -2.27. The van der Waals surface area contributed by atoms with E-state index in [0.717, 1.165) is 0 Å². The molecule has 8 heteroatoms.